The van der Waals surface area contributed by atoms with E-state index in [-0.39, 0.29) is 31.3 Å². The Morgan fingerprint density at radius 3 is 2.55 bits per heavy atom. The maximum atomic E-state index is 12.9. The molecule has 2 aromatic carbocycles. The lowest BCUT2D eigenvalue weighted by Crippen LogP contribution is -2.28. The molecule has 2 N–H and O–H groups in total. The normalized spacial score (nSPS) is 16.4. The monoisotopic (exact) mass is 497 g/mol. The van der Waals surface area contributed by atoms with Crippen LogP contribution in [0.4, 0.5) is 24.5 Å². The number of rotatable bonds is 5. The molecule has 6 nitrogen and oxygen atoms in total. The maximum absolute atomic E-state index is 12.9. The van der Waals surface area contributed by atoms with E-state index >= 15 is 0 Å². The highest BCUT2D eigenvalue weighted by atomic mass is 79.9. The number of likely N-dealkylation sites (tertiary alicyclic amines) is 1. The molecule has 31 heavy (non-hydrogen) atoms. The van der Waals surface area contributed by atoms with Gasteiger partial charge in [0.05, 0.1) is 22.9 Å². The number of alkyl halides is 3. The second kappa shape index (κ2) is 9.09. The fourth-order valence-corrected chi connectivity index (χ4v) is 3.68. The predicted molar refractivity (Wildman–Crippen MR) is 112 cm³/mol. The molecule has 0 bridgehead atoms. The van der Waals surface area contributed by atoms with Gasteiger partial charge in [-0.05, 0) is 35.9 Å². The van der Waals surface area contributed by atoms with Crippen LogP contribution in [-0.2, 0) is 27.1 Å². The molecule has 2 aromatic rings. The van der Waals surface area contributed by atoms with Crippen LogP contribution in [0, 0.1) is 5.92 Å². The smallest absolute Gasteiger partial charge is 0.338 e. The quantitative estimate of drug-likeness (QED) is 0.641. The van der Waals surface area contributed by atoms with E-state index in [0.29, 0.717) is 21.4 Å². The third kappa shape index (κ3) is 5.84. The Balaban J connectivity index is 1.69. The summed E-state index contributed by atoms with van der Waals surface area (Å²) in [5, 5.41) is 5.34. The number of hydrogen-bond acceptors (Lipinski definition) is 3. The van der Waals surface area contributed by atoms with Crippen LogP contribution in [0.2, 0.25) is 0 Å². The largest absolute Gasteiger partial charge is 0.416 e. The topological polar surface area (TPSA) is 78.5 Å². The van der Waals surface area contributed by atoms with Crippen LogP contribution in [0.3, 0.4) is 0 Å². The van der Waals surface area contributed by atoms with Crippen molar-refractivity contribution in [1.82, 2.24) is 4.90 Å². The summed E-state index contributed by atoms with van der Waals surface area (Å²) in [4.78, 5) is 37.8. The van der Waals surface area contributed by atoms with Gasteiger partial charge in [0.15, 0.2) is 0 Å². The molecule has 0 radical (unpaired) electrons. The molecular formula is C21H19BrF3N3O3. The number of nitrogens with one attached hydrogen (secondary N) is 2. The van der Waals surface area contributed by atoms with Crippen molar-refractivity contribution in [2.45, 2.75) is 26.1 Å². The second-order valence-corrected chi connectivity index (χ2v) is 8.15. The molecular weight excluding hydrogens is 479 g/mol. The lowest BCUT2D eigenvalue weighted by Gasteiger charge is -2.18. The molecule has 1 aliphatic heterocycles. The first kappa shape index (κ1) is 22.8. The highest BCUT2D eigenvalue weighted by molar-refractivity contribution is 9.10. The van der Waals surface area contributed by atoms with Crippen molar-refractivity contribution < 1.29 is 27.6 Å². The van der Waals surface area contributed by atoms with Crippen LogP contribution in [0.25, 0.3) is 0 Å². The molecule has 3 rings (SSSR count). The average Bonchev–Trinajstić information content (AvgIpc) is 3.04. The number of benzene rings is 2. The van der Waals surface area contributed by atoms with E-state index in [1.165, 1.54) is 24.0 Å². The van der Waals surface area contributed by atoms with Crippen LogP contribution in [0.5, 0.6) is 0 Å². The summed E-state index contributed by atoms with van der Waals surface area (Å²) in [6.45, 7) is 1.42. The van der Waals surface area contributed by atoms with E-state index < -0.39 is 23.6 Å². The minimum absolute atomic E-state index is 0.0133. The third-order valence-corrected chi connectivity index (χ3v) is 5.26. The average molecular weight is 498 g/mol. The van der Waals surface area contributed by atoms with Gasteiger partial charge in [-0.3, -0.25) is 14.4 Å². The Hall–Kier alpha value is -2.88. The van der Waals surface area contributed by atoms with Crippen LogP contribution in [0.1, 0.15) is 24.5 Å². The van der Waals surface area contributed by atoms with Gasteiger partial charge in [0.1, 0.15) is 0 Å². The molecule has 0 saturated carbocycles. The zero-order valence-corrected chi connectivity index (χ0v) is 18.0. The second-order valence-electron chi connectivity index (χ2n) is 7.23. The van der Waals surface area contributed by atoms with Gasteiger partial charge in [-0.1, -0.05) is 28.1 Å². The van der Waals surface area contributed by atoms with E-state index in [0.717, 1.165) is 12.1 Å². The number of anilines is 2. The Labute approximate surface area is 184 Å². The minimum atomic E-state index is -4.47. The van der Waals surface area contributed by atoms with Crippen LogP contribution in [-0.4, -0.2) is 29.2 Å². The van der Waals surface area contributed by atoms with Gasteiger partial charge < -0.3 is 15.5 Å². The molecule has 0 aromatic heterocycles. The molecule has 10 heteroatoms. The summed E-state index contributed by atoms with van der Waals surface area (Å²) in [7, 11) is 0. The summed E-state index contributed by atoms with van der Waals surface area (Å²) in [5.74, 6) is -1.69. The lowest BCUT2D eigenvalue weighted by molar-refractivity contribution is -0.137. The zero-order valence-electron chi connectivity index (χ0n) is 16.4. The van der Waals surface area contributed by atoms with E-state index in [9.17, 15) is 27.6 Å². The Bertz CT molecular complexity index is 1030. The standard InChI is InChI=1S/C21H19BrF3N3O3/c1-12(29)26-17-6-5-16(22)9-18(17)27-20(31)14-8-19(30)28(11-14)10-13-3-2-4-15(7-13)21(23,24)25/h2-7,9,14H,8,10-11H2,1H3,(H,26,29)(H,27,31). The van der Waals surface area contributed by atoms with Gasteiger partial charge in [-0.25, -0.2) is 0 Å². The van der Waals surface area contributed by atoms with Gasteiger partial charge >= 0.3 is 6.18 Å². The summed E-state index contributed by atoms with van der Waals surface area (Å²) >= 11 is 3.31. The van der Waals surface area contributed by atoms with Gasteiger partial charge in [-0.2, -0.15) is 13.2 Å². The van der Waals surface area contributed by atoms with Gasteiger partial charge in [0, 0.05) is 30.9 Å². The summed E-state index contributed by atoms with van der Waals surface area (Å²) < 4.78 is 39.4. The molecule has 0 aliphatic carbocycles. The van der Waals surface area contributed by atoms with Gasteiger partial charge in [-0.15, -0.1) is 0 Å². The van der Waals surface area contributed by atoms with E-state index in [4.69, 9.17) is 0 Å². The van der Waals surface area contributed by atoms with Crippen molar-refractivity contribution in [3.63, 3.8) is 0 Å². The number of amides is 3. The SMILES string of the molecule is CC(=O)Nc1ccc(Br)cc1NC(=O)C1CC(=O)N(Cc2cccc(C(F)(F)F)c2)C1. The number of hydrogen-bond donors (Lipinski definition) is 2. The van der Waals surface area contributed by atoms with Crippen molar-refractivity contribution in [2.24, 2.45) is 5.92 Å². The first-order chi connectivity index (χ1) is 14.5. The molecule has 1 atom stereocenters. The lowest BCUT2D eigenvalue weighted by atomic mass is 10.1. The highest BCUT2D eigenvalue weighted by Crippen LogP contribution is 2.31. The summed E-state index contributed by atoms with van der Waals surface area (Å²) in [6, 6.07) is 9.73. The Morgan fingerprint density at radius 2 is 1.87 bits per heavy atom. The van der Waals surface area contributed by atoms with E-state index in [1.54, 1.807) is 18.2 Å². The summed E-state index contributed by atoms with van der Waals surface area (Å²) in [5.41, 5.74) is 0.336. The molecule has 1 aliphatic rings. The first-order valence-corrected chi connectivity index (χ1v) is 10.1. The Kier molecular flexibility index (Phi) is 6.68. The number of carbonyl (C=O) groups excluding carboxylic acids is 3. The van der Waals surface area contributed by atoms with Gasteiger partial charge in [0.2, 0.25) is 17.7 Å². The highest BCUT2D eigenvalue weighted by Gasteiger charge is 2.35. The minimum Gasteiger partial charge on any atom is -0.338 e. The summed E-state index contributed by atoms with van der Waals surface area (Å²) in [6.07, 6.45) is -4.52. The molecule has 164 valence electrons. The first-order valence-electron chi connectivity index (χ1n) is 9.35. The van der Waals surface area contributed by atoms with Crippen molar-refractivity contribution in [3.8, 4) is 0 Å². The fourth-order valence-electron chi connectivity index (χ4n) is 3.32. The van der Waals surface area contributed by atoms with Crippen LogP contribution in [0.15, 0.2) is 46.9 Å². The van der Waals surface area contributed by atoms with Crippen molar-refractivity contribution in [3.05, 3.63) is 58.1 Å². The number of nitrogens with zero attached hydrogens (tertiary/aromatic N) is 1. The molecule has 3 amide bonds. The third-order valence-electron chi connectivity index (χ3n) is 4.76. The van der Waals surface area contributed by atoms with Crippen LogP contribution >= 0.6 is 15.9 Å². The van der Waals surface area contributed by atoms with Crippen molar-refractivity contribution in [2.75, 3.05) is 17.2 Å². The predicted octanol–water partition coefficient (Wildman–Crippen LogP) is 4.41. The number of halogens is 4. The van der Waals surface area contributed by atoms with Gasteiger partial charge in [0.25, 0.3) is 0 Å². The molecule has 1 unspecified atom stereocenters. The number of carbonyl (C=O) groups is 3. The molecule has 1 saturated heterocycles. The van der Waals surface area contributed by atoms with Crippen LogP contribution < -0.4 is 10.6 Å². The molecule has 1 heterocycles. The maximum Gasteiger partial charge on any atom is 0.416 e. The van der Waals surface area contributed by atoms with E-state index in [1.807, 2.05) is 0 Å². The van der Waals surface area contributed by atoms with Crippen molar-refractivity contribution in [1.29, 1.82) is 0 Å². The van der Waals surface area contributed by atoms with E-state index in [2.05, 4.69) is 26.6 Å². The Morgan fingerprint density at radius 1 is 1.13 bits per heavy atom. The zero-order chi connectivity index (χ0) is 22.8. The molecule has 0 spiro atoms. The fraction of sp³-hybridized carbons (Fsp3) is 0.286. The van der Waals surface area contributed by atoms with Crippen molar-refractivity contribution >= 4 is 45.0 Å². The molecule has 1 fully saturated rings.